The number of carbonyl (C=O) groups is 1. The fraction of sp³-hybridized carbons (Fsp3) is 0.368. The molecular formula is C19H23N7O. The Hall–Kier alpha value is -3.00. The summed E-state index contributed by atoms with van der Waals surface area (Å²) < 4.78 is 1.87. The zero-order valence-corrected chi connectivity index (χ0v) is 15.7. The number of amides is 1. The van der Waals surface area contributed by atoms with Crippen molar-refractivity contribution in [2.45, 2.75) is 26.8 Å². The molecule has 1 aliphatic rings. The fourth-order valence-electron chi connectivity index (χ4n) is 3.42. The van der Waals surface area contributed by atoms with Gasteiger partial charge < -0.3 is 19.9 Å². The van der Waals surface area contributed by atoms with E-state index in [1.165, 1.54) is 0 Å². The molecule has 0 bridgehead atoms. The van der Waals surface area contributed by atoms with Gasteiger partial charge in [-0.1, -0.05) is 0 Å². The number of fused-ring (bicyclic) bond motifs is 1. The number of rotatable bonds is 3. The number of piperazine rings is 1. The van der Waals surface area contributed by atoms with Crippen molar-refractivity contribution in [3.63, 3.8) is 0 Å². The molecule has 0 spiro atoms. The van der Waals surface area contributed by atoms with Gasteiger partial charge in [-0.2, -0.15) is 0 Å². The van der Waals surface area contributed by atoms with E-state index in [9.17, 15) is 4.79 Å². The van der Waals surface area contributed by atoms with E-state index in [-0.39, 0.29) is 5.91 Å². The molecule has 3 aromatic heterocycles. The Morgan fingerprint density at radius 2 is 2.11 bits per heavy atom. The molecule has 1 aliphatic heterocycles. The van der Waals surface area contributed by atoms with Crippen LogP contribution >= 0.6 is 0 Å². The molecule has 8 nitrogen and oxygen atoms in total. The number of aryl methyl sites for hydroxylation is 2. The van der Waals surface area contributed by atoms with E-state index >= 15 is 0 Å². The molecule has 0 radical (unpaired) electrons. The smallest absolute Gasteiger partial charge is 0.275 e. The lowest BCUT2D eigenvalue weighted by Gasteiger charge is -2.33. The van der Waals surface area contributed by atoms with Crippen LogP contribution in [0.2, 0.25) is 0 Å². The lowest BCUT2D eigenvalue weighted by molar-refractivity contribution is 0.102. The highest BCUT2D eigenvalue weighted by Crippen LogP contribution is 2.17. The summed E-state index contributed by atoms with van der Waals surface area (Å²) in [5.41, 5.74) is 3.85. The summed E-state index contributed by atoms with van der Waals surface area (Å²) in [4.78, 5) is 28.0. The molecule has 0 aromatic carbocycles. The molecule has 3 aromatic rings. The van der Waals surface area contributed by atoms with E-state index in [1.807, 2.05) is 30.5 Å². The standard InChI is InChI=1S/C19H23N7O/c1-12-9-25(7-6-20-12)15-4-5-16(21-8-15)19(27)24-17-11-26-10-13(2)22-14(3)18(26)23-17/h4-5,8,10-12,20H,6-7,9H2,1-3H3,(H,24,27). The Kier molecular flexibility index (Phi) is 4.49. The summed E-state index contributed by atoms with van der Waals surface area (Å²) in [6.07, 6.45) is 5.42. The van der Waals surface area contributed by atoms with Gasteiger partial charge in [-0.3, -0.25) is 9.78 Å². The minimum absolute atomic E-state index is 0.277. The highest BCUT2D eigenvalue weighted by atomic mass is 16.1. The number of hydrogen-bond acceptors (Lipinski definition) is 6. The first-order valence-corrected chi connectivity index (χ1v) is 9.08. The predicted octanol–water partition coefficient (Wildman–Crippen LogP) is 1.79. The lowest BCUT2D eigenvalue weighted by atomic mass is 10.2. The number of aromatic nitrogens is 4. The molecule has 1 amide bonds. The summed E-state index contributed by atoms with van der Waals surface area (Å²) in [6.45, 7) is 8.81. The van der Waals surface area contributed by atoms with Crippen LogP contribution in [0.3, 0.4) is 0 Å². The zero-order chi connectivity index (χ0) is 19.0. The third-order valence-corrected chi connectivity index (χ3v) is 4.68. The van der Waals surface area contributed by atoms with Gasteiger partial charge in [0.05, 0.1) is 29.5 Å². The van der Waals surface area contributed by atoms with Crippen LogP contribution in [0.4, 0.5) is 11.5 Å². The summed E-state index contributed by atoms with van der Waals surface area (Å²) >= 11 is 0. The molecule has 4 heterocycles. The van der Waals surface area contributed by atoms with Crippen molar-refractivity contribution in [2.75, 3.05) is 29.9 Å². The molecule has 27 heavy (non-hydrogen) atoms. The molecule has 140 valence electrons. The maximum atomic E-state index is 12.5. The molecule has 2 N–H and O–H groups in total. The first-order valence-electron chi connectivity index (χ1n) is 9.08. The van der Waals surface area contributed by atoms with Crippen LogP contribution in [-0.2, 0) is 0 Å². The number of hydrogen-bond donors (Lipinski definition) is 2. The summed E-state index contributed by atoms with van der Waals surface area (Å²) in [6, 6.07) is 4.14. The van der Waals surface area contributed by atoms with Gasteiger partial charge in [0.15, 0.2) is 11.5 Å². The van der Waals surface area contributed by atoms with Crippen molar-refractivity contribution >= 4 is 23.1 Å². The average molecular weight is 365 g/mol. The monoisotopic (exact) mass is 365 g/mol. The summed E-state index contributed by atoms with van der Waals surface area (Å²) in [5.74, 6) is 0.207. The van der Waals surface area contributed by atoms with Crippen molar-refractivity contribution in [2.24, 2.45) is 0 Å². The molecule has 1 fully saturated rings. The maximum Gasteiger partial charge on any atom is 0.275 e. The van der Waals surface area contributed by atoms with Gasteiger partial charge in [0, 0.05) is 31.9 Å². The van der Waals surface area contributed by atoms with E-state index in [2.05, 4.69) is 37.4 Å². The van der Waals surface area contributed by atoms with Gasteiger partial charge in [-0.15, -0.1) is 0 Å². The van der Waals surface area contributed by atoms with E-state index < -0.39 is 0 Å². The summed E-state index contributed by atoms with van der Waals surface area (Å²) in [7, 11) is 0. The van der Waals surface area contributed by atoms with Crippen LogP contribution in [0, 0.1) is 13.8 Å². The number of carbonyl (C=O) groups excluding carboxylic acids is 1. The van der Waals surface area contributed by atoms with Gasteiger partial charge in [-0.25, -0.2) is 9.97 Å². The van der Waals surface area contributed by atoms with Crippen LogP contribution in [0.5, 0.6) is 0 Å². The van der Waals surface area contributed by atoms with E-state index in [1.54, 1.807) is 18.5 Å². The molecule has 1 saturated heterocycles. The van der Waals surface area contributed by atoms with E-state index in [0.29, 0.717) is 17.6 Å². The lowest BCUT2D eigenvalue weighted by Crippen LogP contribution is -2.49. The second kappa shape index (κ2) is 6.96. The number of nitrogens with zero attached hydrogens (tertiary/aromatic N) is 5. The topological polar surface area (TPSA) is 87.5 Å². The number of imidazole rings is 1. The maximum absolute atomic E-state index is 12.5. The summed E-state index contributed by atoms with van der Waals surface area (Å²) in [5, 5.41) is 6.23. The Bertz CT molecular complexity index is 980. The minimum atomic E-state index is -0.277. The van der Waals surface area contributed by atoms with E-state index in [4.69, 9.17) is 0 Å². The van der Waals surface area contributed by atoms with Gasteiger partial charge in [-0.05, 0) is 32.9 Å². The molecule has 1 atom stereocenters. The Morgan fingerprint density at radius 1 is 1.26 bits per heavy atom. The highest BCUT2D eigenvalue weighted by Gasteiger charge is 2.17. The van der Waals surface area contributed by atoms with Gasteiger partial charge in [0.2, 0.25) is 0 Å². The second-order valence-corrected chi connectivity index (χ2v) is 6.98. The number of anilines is 2. The van der Waals surface area contributed by atoms with Crippen molar-refractivity contribution in [3.05, 3.63) is 47.8 Å². The average Bonchev–Trinajstić information content (AvgIpc) is 3.04. The normalized spacial score (nSPS) is 17.3. The molecule has 1 unspecified atom stereocenters. The molecular weight excluding hydrogens is 342 g/mol. The minimum Gasteiger partial charge on any atom is -0.367 e. The van der Waals surface area contributed by atoms with Crippen LogP contribution in [0.15, 0.2) is 30.7 Å². The van der Waals surface area contributed by atoms with Crippen LogP contribution in [0.1, 0.15) is 28.8 Å². The Balaban J connectivity index is 1.49. The number of pyridine rings is 1. The molecule has 4 rings (SSSR count). The van der Waals surface area contributed by atoms with Gasteiger partial charge >= 0.3 is 0 Å². The van der Waals surface area contributed by atoms with Crippen molar-refractivity contribution in [1.29, 1.82) is 0 Å². The van der Waals surface area contributed by atoms with Gasteiger partial charge in [0.25, 0.3) is 5.91 Å². The molecule has 0 aliphatic carbocycles. The molecule has 8 heteroatoms. The third-order valence-electron chi connectivity index (χ3n) is 4.68. The SMILES string of the molecule is Cc1cn2cc(NC(=O)c3ccc(N4CCNC(C)C4)cn3)nc2c(C)n1. The number of nitrogens with one attached hydrogen (secondary N) is 2. The zero-order valence-electron chi connectivity index (χ0n) is 15.7. The van der Waals surface area contributed by atoms with Crippen molar-refractivity contribution < 1.29 is 4.79 Å². The third kappa shape index (κ3) is 3.61. The first-order chi connectivity index (χ1) is 13.0. The first kappa shape index (κ1) is 17.4. The Morgan fingerprint density at radius 3 is 2.85 bits per heavy atom. The predicted molar refractivity (Wildman–Crippen MR) is 104 cm³/mol. The largest absolute Gasteiger partial charge is 0.367 e. The quantitative estimate of drug-likeness (QED) is 0.736. The van der Waals surface area contributed by atoms with Crippen molar-refractivity contribution in [1.82, 2.24) is 24.7 Å². The van der Waals surface area contributed by atoms with E-state index in [0.717, 1.165) is 42.4 Å². The van der Waals surface area contributed by atoms with Gasteiger partial charge in [0.1, 0.15) is 5.69 Å². The Labute approximate surface area is 157 Å². The van der Waals surface area contributed by atoms with Crippen LogP contribution < -0.4 is 15.5 Å². The highest BCUT2D eigenvalue weighted by molar-refractivity contribution is 6.02. The van der Waals surface area contributed by atoms with Crippen molar-refractivity contribution in [3.8, 4) is 0 Å². The molecule has 0 saturated carbocycles. The van der Waals surface area contributed by atoms with Crippen LogP contribution in [0.25, 0.3) is 5.65 Å². The fourth-order valence-corrected chi connectivity index (χ4v) is 3.42. The second-order valence-electron chi connectivity index (χ2n) is 6.98. The van der Waals surface area contributed by atoms with Crippen LogP contribution in [-0.4, -0.2) is 50.9 Å².